The van der Waals surface area contributed by atoms with E-state index in [0.717, 1.165) is 11.4 Å². The lowest BCUT2D eigenvalue weighted by Gasteiger charge is -2.25. The molecule has 0 saturated heterocycles. The highest BCUT2D eigenvalue weighted by atomic mass is 35.5. The van der Waals surface area contributed by atoms with Crippen molar-refractivity contribution in [2.45, 2.75) is 16.6 Å². The molecule has 1 unspecified atom stereocenters. The maximum Gasteiger partial charge on any atom is 0.238 e. The Bertz CT molecular complexity index is 557. The van der Waals surface area contributed by atoms with E-state index in [1.165, 1.54) is 11.8 Å². The molecule has 1 aromatic rings. The molecule has 1 atom stereocenters. The molecule has 2 N–H and O–H groups in total. The molecule has 1 aliphatic heterocycles. The van der Waals surface area contributed by atoms with Gasteiger partial charge in [0.05, 0.1) is 10.9 Å². The molecule has 1 aliphatic rings. The van der Waals surface area contributed by atoms with Crippen LogP contribution in [-0.4, -0.2) is 49.1 Å². The average molecular weight is 364 g/mol. The van der Waals surface area contributed by atoms with Crippen molar-refractivity contribution in [2.24, 2.45) is 0 Å². The molecule has 1 heterocycles. The van der Waals surface area contributed by atoms with Gasteiger partial charge in [-0.1, -0.05) is 11.6 Å². The van der Waals surface area contributed by atoms with Crippen LogP contribution in [0.5, 0.6) is 0 Å². The summed E-state index contributed by atoms with van der Waals surface area (Å²) < 4.78 is 0. The van der Waals surface area contributed by atoms with Crippen LogP contribution < -0.4 is 10.6 Å². The Morgan fingerprint density at radius 3 is 2.91 bits per heavy atom. The van der Waals surface area contributed by atoms with Gasteiger partial charge in [-0.25, -0.2) is 0 Å². The first-order valence-electron chi connectivity index (χ1n) is 6.67. The Kier molecular flexibility index (Phi) is 7.48. The van der Waals surface area contributed by atoms with E-state index in [9.17, 15) is 9.59 Å². The first-order chi connectivity index (χ1) is 10.0. The van der Waals surface area contributed by atoms with Crippen LogP contribution in [-0.2, 0) is 9.59 Å². The number of benzene rings is 1. The maximum atomic E-state index is 12.1. The second-order valence-electron chi connectivity index (χ2n) is 4.86. The van der Waals surface area contributed by atoms with Crippen molar-refractivity contribution in [3.8, 4) is 0 Å². The summed E-state index contributed by atoms with van der Waals surface area (Å²) in [6.45, 7) is 1.36. The topological polar surface area (TPSA) is 61.4 Å². The summed E-state index contributed by atoms with van der Waals surface area (Å²) in [7, 11) is 3.59. The number of rotatable bonds is 5. The number of hydrogen-bond acceptors (Lipinski definition) is 4. The van der Waals surface area contributed by atoms with Crippen molar-refractivity contribution in [3.05, 3.63) is 23.2 Å². The molecule has 0 saturated carbocycles. The molecular formula is C14H19Cl2N3O2S. The van der Waals surface area contributed by atoms with Gasteiger partial charge in [0.2, 0.25) is 11.8 Å². The van der Waals surface area contributed by atoms with E-state index in [4.69, 9.17) is 11.6 Å². The van der Waals surface area contributed by atoms with Gasteiger partial charge in [-0.05, 0) is 25.2 Å². The summed E-state index contributed by atoms with van der Waals surface area (Å²) in [6, 6.07) is 5.37. The number of likely N-dealkylation sites (N-methyl/N-ethyl adjacent to an activating group) is 2. The first kappa shape index (κ1) is 19.1. The lowest BCUT2D eigenvalue weighted by atomic mass is 10.2. The monoisotopic (exact) mass is 363 g/mol. The minimum Gasteiger partial charge on any atom is -0.344 e. The summed E-state index contributed by atoms with van der Waals surface area (Å²) >= 11 is 7.32. The highest BCUT2D eigenvalue weighted by Crippen LogP contribution is 2.38. The third-order valence-corrected chi connectivity index (χ3v) is 4.75. The van der Waals surface area contributed by atoms with Crippen LogP contribution in [0.2, 0.25) is 5.02 Å². The molecule has 8 heteroatoms. The number of fused-ring (bicyclic) bond motifs is 1. The van der Waals surface area contributed by atoms with Gasteiger partial charge in [-0.2, -0.15) is 0 Å². The highest BCUT2D eigenvalue weighted by molar-refractivity contribution is 8.01. The summed E-state index contributed by atoms with van der Waals surface area (Å²) in [5, 5.41) is 5.98. The molecule has 0 radical (unpaired) electrons. The summed E-state index contributed by atoms with van der Waals surface area (Å²) in [6.07, 6.45) is 0.193. The number of anilines is 1. The van der Waals surface area contributed by atoms with E-state index >= 15 is 0 Å². The van der Waals surface area contributed by atoms with Crippen molar-refractivity contribution < 1.29 is 9.59 Å². The van der Waals surface area contributed by atoms with Crippen LogP contribution in [0, 0.1) is 0 Å². The lowest BCUT2D eigenvalue weighted by Crippen LogP contribution is -2.38. The fourth-order valence-corrected chi connectivity index (χ4v) is 3.23. The number of nitrogens with one attached hydrogen (secondary N) is 2. The SMILES string of the molecule is CNCCN(C)C(=O)CC1Sc2ccc(Cl)cc2NC1=O.Cl. The Balaban J connectivity index is 0.00000242. The van der Waals surface area contributed by atoms with Crippen molar-refractivity contribution in [2.75, 3.05) is 32.5 Å². The molecule has 0 aliphatic carbocycles. The molecule has 2 rings (SSSR count). The number of thioether (sulfide) groups is 1. The zero-order valence-electron chi connectivity index (χ0n) is 12.4. The van der Waals surface area contributed by atoms with E-state index < -0.39 is 5.25 Å². The van der Waals surface area contributed by atoms with Gasteiger partial charge >= 0.3 is 0 Å². The number of halogens is 2. The quantitative estimate of drug-likeness (QED) is 0.841. The summed E-state index contributed by atoms with van der Waals surface area (Å²) in [5.41, 5.74) is 0.713. The maximum absolute atomic E-state index is 12.1. The Morgan fingerprint density at radius 1 is 1.50 bits per heavy atom. The van der Waals surface area contributed by atoms with Crippen molar-refractivity contribution >= 4 is 53.3 Å². The largest absolute Gasteiger partial charge is 0.344 e. The van der Waals surface area contributed by atoms with Gasteiger partial charge < -0.3 is 15.5 Å². The Labute approximate surface area is 145 Å². The second kappa shape index (κ2) is 8.62. The Hall–Kier alpha value is -0.950. The predicted molar refractivity (Wildman–Crippen MR) is 93.2 cm³/mol. The van der Waals surface area contributed by atoms with Gasteiger partial charge in [-0.3, -0.25) is 9.59 Å². The minimum absolute atomic E-state index is 0. The zero-order chi connectivity index (χ0) is 15.4. The Morgan fingerprint density at radius 2 is 2.23 bits per heavy atom. The number of carbonyl (C=O) groups is 2. The predicted octanol–water partition coefficient (Wildman–Crippen LogP) is 2.24. The number of nitrogens with zero attached hydrogens (tertiary/aromatic N) is 1. The smallest absolute Gasteiger partial charge is 0.238 e. The first-order valence-corrected chi connectivity index (χ1v) is 7.92. The van der Waals surface area contributed by atoms with Gasteiger partial charge in [-0.15, -0.1) is 24.2 Å². The molecule has 0 aromatic heterocycles. The third-order valence-electron chi connectivity index (χ3n) is 3.24. The normalized spacial score (nSPS) is 16.3. The molecule has 2 amide bonds. The van der Waals surface area contributed by atoms with Crippen LogP contribution in [0.4, 0.5) is 5.69 Å². The molecule has 1 aromatic carbocycles. The van der Waals surface area contributed by atoms with Gasteiger partial charge in [0.1, 0.15) is 0 Å². The fraction of sp³-hybridized carbons (Fsp3) is 0.429. The average Bonchev–Trinajstić information content (AvgIpc) is 2.45. The van der Waals surface area contributed by atoms with Crippen LogP contribution in [0.1, 0.15) is 6.42 Å². The van der Waals surface area contributed by atoms with E-state index in [2.05, 4.69) is 10.6 Å². The van der Waals surface area contributed by atoms with Crippen molar-refractivity contribution in [1.82, 2.24) is 10.2 Å². The lowest BCUT2D eigenvalue weighted by molar-refractivity contribution is -0.131. The summed E-state index contributed by atoms with van der Waals surface area (Å²) in [5.74, 6) is -0.180. The van der Waals surface area contributed by atoms with E-state index in [1.54, 1.807) is 24.1 Å². The standard InChI is InChI=1S/C14H18ClN3O2S.ClH/c1-16-5-6-18(2)13(19)8-12-14(20)17-10-7-9(15)3-4-11(10)21-12;/h3-4,7,12,16H,5-6,8H2,1-2H3,(H,17,20);1H. The second-order valence-corrected chi connectivity index (χ2v) is 6.54. The molecule has 5 nitrogen and oxygen atoms in total. The fourth-order valence-electron chi connectivity index (χ4n) is 1.98. The van der Waals surface area contributed by atoms with E-state index in [-0.39, 0.29) is 30.6 Å². The number of carbonyl (C=O) groups excluding carboxylic acids is 2. The van der Waals surface area contributed by atoms with Crippen LogP contribution in [0.3, 0.4) is 0 Å². The minimum atomic E-state index is -0.400. The number of hydrogen-bond donors (Lipinski definition) is 2. The van der Waals surface area contributed by atoms with Gasteiger partial charge in [0.15, 0.2) is 0 Å². The third kappa shape index (κ3) is 4.78. The van der Waals surface area contributed by atoms with Crippen LogP contribution in [0.15, 0.2) is 23.1 Å². The van der Waals surface area contributed by atoms with Gasteiger partial charge in [0, 0.05) is 36.5 Å². The molecule has 122 valence electrons. The van der Waals surface area contributed by atoms with Crippen molar-refractivity contribution in [3.63, 3.8) is 0 Å². The van der Waals surface area contributed by atoms with E-state index in [0.29, 0.717) is 17.3 Å². The molecule has 0 spiro atoms. The molecular weight excluding hydrogens is 345 g/mol. The van der Waals surface area contributed by atoms with Gasteiger partial charge in [0.25, 0.3) is 0 Å². The van der Waals surface area contributed by atoms with E-state index in [1.807, 2.05) is 13.1 Å². The molecule has 0 fully saturated rings. The molecule has 22 heavy (non-hydrogen) atoms. The zero-order valence-corrected chi connectivity index (χ0v) is 14.8. The van der Waals surface area contributed by atoms with Crippen LogP contribution >= 0.6 is 35.8 Å². The summed E-state index contributed by atoms with van der Waals surface area (Å²) in [4.78, 5) is 26.8. The van der Waals surface area contributed by atoms with Crippen LogP contribution in [0.25, 0.3) is 0 Å². The highest BCUT2D eigenvalue weighted by Gasteiger charge is 2.29. The number of amides is 2. The molecule has 0 bridgehead atoms. The van der Waals surface area contributed by atoms with Crippen molar-refractivity contribution in [1.29, 1.82) is 0 Å².